The monoisotopic (exact) mass is 340 g/mol. The molecule has 0 aliphatic rings. The molecule has 0 radical (unpaired) electrons. The highest BCUT2D eigenvalue weighted by Crippen LogP contribution is 2.37. The van der Waals surface area contributed by atoms with Gasteiger partial charge in [0.1, 0.15) is 5.82 Å². The van der Waals surface area contributed by atoms with E-state index in [1.807, 2.05) is 0 Å². The topological polar surface area (TPSA) is 0 Å². The first kappa shape index (κ1) is 14.5. The first-order valence-electron chi connectivity index (χ1n) is 6.07. The molecule has 0 heterocycles. The summed E-state index contributed by atoms with van der Waals surface area (Å²) < 4.78 is 14.1. The Hall–Kier alpha value is -0.860. The molecule has 0 aliphatic carbocycles. The lowest BCUT2D eigenvalue weighted by Gasteiger charge is -2.19. The van der Waals surface area contributed by atoms with Crippen molar-refractivity contribution < 1.29 is 4.39 Å². The van der Waals surface area contributed by atoms with Gasteiger partial charge in [0.15, 0.2) is 0 Å². The highest BCUT2D eigenvalue weighted by Gasteiger charge is 2.18. The van der Waals surface area contributed by atoms with Crippen LogP contribution in [0.25, 0.3) is 0 Å². The van der Waals surface area contributed by atoms with Crippen LogP contribution in [0.5, 0.6) is 0 Å². The van der Waals surface area contributed by atoms with E-state index in [1.165, 1.54) is 17.7 Å². The second-order valence-corrected chi connectivity index (χ2v) is 6.01. The van der Waals surface area contributed by atoms with Crippen LogP contribution in [0, 0.1) is 26.6 Å². The van der Waals surface area contributed by atoms with Crippen molar-refractivity contribution in [1.82, 2.24) is 0 Å². The molecule has 100 valence electrons. The summed E-state index contributed by atoms with van der Waals surface area (Å²) in [5, 5.41) is -0.266. The molecule has 0 bridgehead atoms. The Labute approximate surface area is 126 Å². The van der Waals surface area contributed by atoms with E-state index >= 15 is 0 Å². The fourth-order valence-corrected chi connectivity index (χ4v) is 3.17. The van der Waals surface area contributed by atoms with Gasteiger partial charge in [-0.1, -0.05) is 34.1 Å². The minimum atomic E-state index is -0.266. The van der Waals surface area contributed by atoms with Crippen molar-refractivity contribution in [3.8, 4) is 0 Å². The van der Waals surface area contributed by atoms with Gasteiger partial charge in [0.2, 0.25) is 0 Å². The summed E-state index contributed by atoms with van der Waals surface area (Å²) in [5.41, 5.74) is 5.49. The maximum absolute atomic E-state index is 13.0. The Kier molecular flexibility index (Phi) is 4.32. The Balaban J connectivity index is 2.53. The molecule has 2 rings (SSSR count). The Morgan fingerprint density at radius 3 is 2.21 bits per heavy atom. The third-order valence-electron chi connectivity index (χ3n) is 3.35. The molecule has 19 heavy (non-hydrogen) atoms. The van der Waals surface area contributed by atoms with Crippen LogP contribution in [0.1, 0.15) is 33.2 Å². The minimum Gasteiger partial charge on any atom is -0.207 e. The number of rotatable bonds is 2. The van der Waals surface area contributed by atoms with Crippen LogP contribution in [0.15, 0.2) is 34.8 Å². The van der Waals surface area contributed by atoms with Crippen molar-refractivity contribution >= 4 is 27.5 Å². The SMILES string of the molecule is Cc1cc(C)c(C(Cl)c2ccc(F)cc2)c(C)c1Br. The van der Waals surface area contributed by atoms with Gasteiger partial charge in [0, 0.05) is 4.47 Å². The van der Waals surface area contributed by atoms with Crippen LogP contribution in [0.3, 0.4) is 0 Å². The third kappa shape index (κ3) is 2.85. The zero-order valence-corrected chi connectivity index (χ0v) is 13.4. The van der Waals surface area contributed by atoms with Crippen molar-refractivity contribution in [2.45, 2.75) is 26.1 Å². The molecule has 0 spiro atoms. The number of hydrogen-bond acceptors (Lipinski definition) is 0. The molecule has 0 saturated carbocycles. The maximum atomic E-state index is 13.0. The second-order valence-electron chi connectivity index (χ2n) is 4.78. The molecule has 0 aromatic heterocycles. The Bertz CT molecular complexity index is 605. The van der Waals surface area contributed by atoms with E-state index in [-0.39, 0.29) is 11.2 Å². The number of halogens is 3. The smallest absolute Gasteiger partial charge is 0.123 e. The molecule has 1 unspecified atom stereocenters. The lowest BCUT2D eigenvalue weighted by molar-refractivity contribution is 0.627. The van der Waals surface area contributed by atoms with Crippen LogP contribution >= 0.6 is 27.5 Å². The minimum absolute atomic E-state index is 0.244. The first-order chi connectivity index (χ1) is 8.91. The molecule has 0 aliphatic heterocycles. The van der Waals surface area contributed by atoms with Gasteiger partial charge in [-0.25, -0.2) is 4.39 Å². The molecule has 1 atom stereocenters. The standard InChI is InChI=1S/C16H15BrClF/c1-9-8-10(2)15(17)11(3)14(9)16(18)12-4-6-13(19)7-5-12/h4-8,16H,1-3H3. The molecule has 0 nitrogen and oxygen atoms in total. The van der Waals surface area contributed by atoms with Gasteiger partial charge in [-0.3, -0.25) is 0 Å². The van der Waals surface area contributed by atoms with Crippen molar-refractivity contribution in [2.75, 3.05) is 0 Å². The van der Waals surface area contributed by atoms with Gasteiger partial charge in [0.25, 0.3) is 0 Å². The van der Waals surface area contributed by atoms with Crippen molar-refractivity contribution in [3.05, 3.63) is 68.4 Å². The van der Waals surface area contributed by atoms with E-state index in [9.17, 15) is 4.39 Å². The lowest BCUT2D eigenvalue weighted by atomic mass is 9.94. The summed E-state index contributed by atoms with van der Waals surface area (Å²) in [6.45, 7) is 6.17. The number of aryl methyl sites for hydroxylation is 2. The fraction of sp³-hybridized carbons (Fsp3) is 0.250. The lowest BCUT2D eigenvalue weighted by Crippen LogP contribution is -2.02. The van der Waals surface area contributed by atoms with Gasteiger partial charge >= 0.3 is 0 Å². The fourth-order valence-electron chi connectivity index (χ4n) is 2.36. The average Bonchev–Trinajstić information content (AvgIpc) is 2.37. The summed E-state index contributed by atoms with van der Waals surface area (Å²) in [4.78, 5) is 0. The molecule has 0 N–H and O–H groups in total. The Morgan fingerprint density at radius 2 is 1.63 bits per heavy atom. The van der Waals surface area contributed by atoms with E-state index in [0.29, 0.717) is 0 Å². The van der Waals surface area contributed by atoms with Crippen molar-refractivity contribution in [2.24, 2.45) is 0 Å². The highest BCUT2D eigenvalue weighted by molar-refractivity contribution is 9.10. The number of benzene rings is 2. The van der Waals surface area contributed by atoms with E-state index in [4.69, 9.17) is 11.6 Å². The van der Waals surface area contributed by atoms with Crippen LogP contribution in [0.4, 0.5) is 4.39 Å². The average molecular weight is 342 g/mol. The van der Waals surface area contributed by atoms with E-state index < -0.39 is 0 Å². The van der Waals surface area contributed by atoms with Gasteiger partial charge in [-0.2, -0.15) is 0 Å². The van der Waals surface area contributed by atoms with Gasteiger partial charge < -0.3 is 0 Å². The predicted octanol–water partition coefficient (Wildman–Crippen LogP) is 5.84. The summed E-state index contributed by atoms with van der Waals surface area (Å²) in [6.07, 6.45) is 0. The van der Waals surface area contributed by atoms with Crippen molar-refractivity contribution in [1.29, 1.82) is 0 Å². The van der Waals surface area contributed by atoms with Crippen LogP contribution in [-0.4, -0.2) is 0 Å². The predicted molar refractivity (Wildman–Crippen MR) is 82.4 cm³/mol. The van der Waals surface area contributed by atoms with E-state index in [2.05, 4.69) is 42.8 Å². The molecule has 3 heteroatoms. The van der Waals surface area contributed by atoms with Crippen LogP contribution < -0.4 is 0 Å². The third-order valence-corrected chi connectivity index (χ3v) is 5.04. The summed E-state index contributed by atoms with van der Waals surface area (Å²) >= 11 is 10.2. The molecule has 2 aromatic carbocycles. The molecule has 0 amide bonds. The molecule has 0 saturated heterocycles. The zero-order valence-electron chi connectivity index (χ0n) is 11.1. The Morgan fingerprint density at radius 1 is 1.05 bits per heavy atom. The second kappa shape index (κ2) is 5.64. The van der Waals surface area contributed by atoms with Crippen molar-refractivity contribution in [3.63, 3.8) is 0 Å². The zero-order chi connectivity index (χ0) is 14.2. The van der Waals surface area contributed by atoms with Gasteiger partial charge in [0.05, 0.1) is 5.38 Å². The summed E-state index contributed by atoms with van der Waals surface area (Å²) in [5.74, 6) is -0.244. The highest BCUT2D eigenvalue weighted by atomic mass is 79.9. The molecule has 2 aromatic rings. The quantitative estimate of drug-likeness (QED) is 0.602. The van der Waals surface area contributed by atoms with Crippen LogP contribution in [-0.2, 0) is 0 Å². The molecular formula is C16H15BrClF. The largest absolute Gasteiger partial charge is 0.207 e. The van der Waals surface area contributed by atoms with Crippen LogP contribution in [0.2, 0.25) is 0 Å². The van der Waals surface area contributed by atoms with Gasteiger partial charge in [-0.05, 0) is 60.7 Å². The van der Waals surface area contributed by atoms with E-state index in [1.54, 1.807) is 12.1 Å². The molecule has 0 fully saturated rings. The molecular weight excluding hydrogens is 327 g/mol. The van der Waals surface area contributed by atoms with E-state index in [0.717, 1.165) is 26.7 Å². The first-order valence-corrected chi connectivity index (χ1v) is 7.30. The maximum Gasteiger partial charge on any atom is 0.123 e. The van der Waals surface area contributed by atoms with Gasteiger partial charge in [-0.15, -0.1) is 11.6 Å². The number of alkyl halides is 1. The normalized spacial score (nSPS) is 12.5. The summed E-state index contributed by atoms with van der Waals surface area (Å²) in [7, 11) is 0. The number of hydrogen-bond donors (Lipinski definition) is 0. The summed E-state index contributed by atoms with van der Waals surface area (Å²) in [6, 6.07) is 8.47.